The Morgan fingerprint density at radius 2 is 0.970 bits per heavy atom. The van der Waals surface area contributed by atoms with Crippen molar-refractivity contribution in [3.8, 4) is 0 Å². The maximum absolute atomic E-state index is 11.0. The van der Waals surface area contributed by atoms with Crippen LogP contribution in [-0.4, -0.2) is 117 Å². The summed E-state index contributed by atoms with van der Waals surface area (Å²) < 4.78 is 10.1. The normalized spacial score (nSPS) is 28.0. The number of ether oxygens (including phenoxy) is 2. The number of carbonyl (C=O) groups is 1. The van der Waals surface area contributed by atoms with Gasteiger partial charge in [-0.2, -0.15) is 0 Å². The molecule has 0 saturated heterocycles. The fraction of sp³-hybridized carbons (Fsp3) is 0.842. The molecule has 33 heavy (non-hydrogen) atoms. The summed E-state index contributed by atoms with van der Waals surface area (Å²) in [4.78, 5) is 11.0. The van der Waals surface area contributed by atoms with E-state index in [4.69, 9.17) is 94.4 Å². The van der Waals surface area contributed by atoms with Gasteiger partial charge < -0.3 is 35.0 Å². The number of esters is 1. The van der Waals surface area contributed by atoms with Crippen LogP contribution in [0.1, 0.15) is 0 Å². The molecule has 0 radical (unpaired) electrons. The van der Waals surface area contributed by atoms with Crippen LogP contribution in [0.5, 0.6) is 0 Å². The van der Waals surface area contributed by atoms with E-state index in [0.717, 1.165) is 6.08 Å². The van der Waals surface area contributed by atoms with Crippen molar-refractivity contribution in [3.63, 3.8) is 0 Å². The van der Waals surface area contributed by atoms with Gasteiger partial charge in [-0.15, -0.1) is 69.6 Å². The first-order chi connectivity index (χ1) is 15.4. The van der Waals surface area contributed by atoms with E-state index in [-0.39, 0.29) is 19.8 Å². The molecule has 0 aliphatic heterocycles. The maximum Gasteiger partial charge on any atom is 0.330 e. The van der Waals surface area contributed by atoms with Crippen LogP contribution >= 0.6 is 69.6 Å². The molecule has 1 saturated carbocycles. The highest BCUT2D eigenvalue weighted by Crippen LogP contribution is 2.39. The van der Waals surface area contributed by atoms with E-state index in [1.807, 2.05) is 0 Å². The van der Waals surface area contributed by atoms with Crippen LogP contribution in [0, 0.1) is 10.8 Å². The molecule has 1 aliphatic carbocycles. The Labute approximate surface area is 223 Å². The summed E-state index contributed by atoms with van der Waals surface area (Å²) in [5.41, 5.74) is -2.43. The number of hydrogen-bond donors (Lipinski definition) is 5. The van der Waals surface area contributed by atoms with Crippen molar-refractivity contribution >= 4 is 75.6 Å². The number of carbonyl (C=O) groups excluding carboxylic acids is 1. The van der Waals surface area contributed by atoms with Gasteiger partial charge in [-0.05, 0) is 0 Å². The molecule has 0 atom stereocenters. The van der Waals surface area contributed by atoms with E-state index >= 15 is 0 Å². The molecule has 5 N–H and O–H groups in total. The summed E-state index contributed by atoms with van der Waals surface area (Å²) in [6.07, 6.45) is 0.953. The largest absolute Gasteiger partial charge is 0.462 e. The van der Waals surface area contributed by atoms with Crippen molar-refractivity contribution in [1.29, 1.82) is 0 Å². The monoisotopic (exact) mass is 596 g/mol. The molecule has 1 fully saturated rings. The molecule has 196 valence electrons. The zero-order valence-electron chi connectivity index (χ0n) is 17.6. The number of aliphatic hydroxyl groups is 5. The quantitative estimate of drug-likeness (QED) is 0.129. The Bertz CT molecular complexity index is 512. The molecule has 1 rings (SSSR count). The van der Waals surface area contributed by atoms with Crippen LogP contribution in [0.3, 0.4) is 0 Å². The molecule has 0 aromatic heterocycles. The Balaban J connectivity index is 0.000000716. The fourth-order valence-corrected chi connectivity index (χ4v) is 4.71. The van der Waals surface area contributed by atoms with Gasteiger partial charge in [-0.25, -0.2) is 4.79 Å². The lowest BCUT2D eigenvalue weighted by atomic mass is 9.90. The average molecular weight is 599 g/mol. The lowest BCUT2D eigenvalue weighted by molar-refractivity contribution is -0.149. The van der Waals surface area contributed by atoms with Crippen LogP contribution in [0.4, 0.5) is 0 Å². The Kier molecular flexibility index (Phi) is 16.8. The molecule has 14 heteroatoms. The molecule has 0 unspecified atom stereocenters. The van der Waals surface area contributed by atoms with Gasteiger partial charge in [0.05, 0.1) is 89.3 Å². The summed E-state index contributed by atoms with van der Waals surface area (Å²) in [5, 5.41) is 43.5. The molecule has 0 heterocycles. The summed E-state index contributed by atoms with van der Waals surface area (Å²) in [6, 6.07) is 0. The highest BCUT2D eigenvalue weighted by molar-refractivity contribution is 6.45. The summed E-state index contributed by atoms with van der Waals surface area (Å²) in [7, 11) is 0. The average Bonchev–Trinajstić information content (AvgIpc) is 2.85. The van der Waals surface area contributed by atoms with Crippen molar-refractivity contribution in [3.05, 3.63) is 12.7 Å². The first-order valence-electron chi connectivity index (χ1n) is 9.69. The van der Waals surface area contributed by atoms with E-state index in [1.165, 1.54) is 0 Å². The third-order valence-corrected chi connectivity index (χ3v) is 9.04. The second-order valence-corrected chi connectivity index (χ2v) is 10.8. The lowest BCUT2D eigenvalue weighted by Crippen LogP contribution is -2.52. The van der Waals surface area contributed by atoms with Crippen molar-refractivity contribution in [2.24, 2.45) is 10.8 Å². The van der Waals surface area contributed by atoms with Crippen LogP contribution in [-0.2, 0) is 14.3 Å². The molecule has 0 aromatic rings. The van der Waals surface area contributed by atoms with E-state index in [9.17, 15) is 15.0 Å². The first-order valence-corrected chi connectivity index (χ1v) is 12.3. The number of rotatable bonds is 12. The van der Waals surface area contributed by atoms with Gasteiger partial charge in [0, 0.05) is 6.08 Å². The highest BCUT2D eigenvalue weighted by atomic mass is 35.5. The van der Waals surface area contributed by atoms with Gasteiger partial charge in [0.2, 0.25) is 0 Å². The third-order valence-electron chi connectivity index (χ3n) is 5.01. The molecule has 0 aromatic carbocycles. The number of alkyl halides is 6. The SMILES string of the molecule is C=CC(=O)OCC(CO)(CO)COCC(CO)(CO)CO.Cl[C@H]1[C@H](Cl)[C@@H](Cl)[C@@H](Cl)[C@H](Cl)[C@H]1Cl. The molecule has 0 amide bonds. The molecule has 0 spiro atoms. The standard InChI is InChI=1S/C13H24O8.C6H6Cl6/c1-2-11(19)21-10-13(6-17,7-18)9-20-8-12(3-14,4-15)5-16;7-1-2(8)4(10)6(12)5(11)3(1)9/h2,14-18H,1,3-10H2;1-6H/t;1-,2-,3-,4+,5+,6+. The maximum atomic E-state index is 11.0. The van der Waals surface area contributed by atoms with Gasteiger partial charge in [0.1, 0.15) is 6.61 Å². The van der Waals surface area contributed by atoms with Crippen molar-refractivity contribution in [2.45, 2.75) is 32.3 Å². The van der Waals surface area contributed by atoms with Crippen LogP contribution in [0.25, 0.3) is 0 Å². The van der Waals surface area contributed by atoms with Gasteiger partial charge in [-0.1, -0.05) is 6.58 Å². The molecular formula is C19H30Cl6O8. The summed E-state index contributed by atoms with van der Waals surface area (Å²) >= 11 is 35.3. The van der Waals surface area contributed by atoms with Gasteiger partial charge in [-0.3, -0.25) is 0 Å². The van der Waals surface area contributed by atoms with Crippen LogP contribution in [0.15, 0.2) is 12.7 Å². The Morgan fingerprint density at radius 1 is 0.667 bits per heavy atom. The summed E-state index contributed by atoms with van der Waals surface area (Å²) in [6.45, 7) is 0.0973. The zero-order chi connectivity index (χ0) is 25.8. The predicted molar refractivity (Wildman–Crippen MR) is 130 cm³/mol. The minimum absolute atomic E-state index is 0.187. The topological polar surface area (TPSA) is 137 Å². The van der Waals surface area contributed by atoms with Gasteiger partial charge in [0.15, 0.2) is 0 Å². The molecular weight excluding hydrogens is 569 g/mol. The first kappa shape index (κ1) is 33.7. The highest BCUT2D eigenvalue weighted by Gasteiger charge is 2.47. The van der Waals surface area contributed by atoms with Crippen LogP contribution < -0.4 is 0 Å². The predicted octanol–water partition coefficient (Wildman–Crippen LogP) is 1.31. The number of hydrogen-bond acceptors (Lipinski definition) is 8. The van der Waals surface area contributed by atoms with E-state index in [2.05, 4.69) is 6.58 Å². The third kappa shape index (κ3) is 9.94. The van der Waals surface area contributed by atoms with Gasteiger partial charge >= 0.3 is 5.97 Å². The zero-order valence-corrected chi connectivity index (χ0v) is 22.2. The molecule has 1 aliphatic rings. The summed E-state index contributed by atoms with van der Waals surface area (Å²) in [5.74, 6) is -0.698. The molecule has 8 nitrogen and oxygen atoms in total. The Morgan fingerprint density at radius 3 is 1.24 bits per heavy atom. The second-order valence-electron chi connectivity index (χ2n) is 7.76. The number of halogens is 6. The Hall–Kier alpha value is 0.710. The van der Waals surface area contributed by atoms with Crippen molar-refractivity contribution < 1.29 is 39.8 Å². The fourth-order valence-electron chi connectivity index (χ4n) is 2.38. The second kappa shape index (κ2) is 16.5. The van der Waals surface area contributed by atoms with Crippen molar-refractivity contribution in [1.82, 2.24) is 0 Å². The number of aliphatic hydroxyl groups excluding tert-OH is 5. The minimum Gasteiger partial charge on any atom is -0.462 e. The lowest BCUT2D eigenvalue weighted by Gasteiger charge is -2.37. The van der Waals surface area contributed by atoms with Crippen LogP contribution in [0.2, 0.25) is 0 Å². The van der Waals surface area contributed by atoms with E-state index in [1.54, 1.807) is 0 Å². The minimum atomic E-state index is -1.22. The van der Waals surface area contributed by atoms with E-state index < -0.39 is 82.1 Å². The van der Waals surface area contributed by atoms with Gasteiger partial charge in [0.25, 0.3) is 0 Å². The van der Waals surface area contributed by atoms with E-state index in [0.29, 0.717) is 0 Å². The van der Waals surface area contributed by atoms with Crippen molar-refractivity contribution in [2.75, 3.05) is 52.9 Å². The smallest absolute Gasteiger partial charge is 0.330 e. The molecule has 0 bridgehead atoms.